The van der Waals surface area contributed by atoms with Crippen molar-refractivity contribution in [2.24, 2.45) is 5.92 Å². The first-order chi connectivity index (χ1) is 12.9. The summed E-state index contributed by atoms with van der Waals surface area (Å²) in [5.74, 6) is -1.66. The van der Waals surface area contributed by atoms with E-state index in [1.165, 1.54) is 0 Å². The van der Waals surface area contributed by atoms with E-state index in [2.05, 4.69) is 21.2 Å². The van der Waals surface area contributed by atoms with Crippen molar-refractivity contribution in [3.8, 4) is 0 Å². The van der Waals surface area contributed by atoms with Crippen molar-refractivity contribution < 1.29 is 19.1 Å². The molecule has 1 heterocycles. The second-order valence-electron chi connectivity index (χ2n) is 6.36. The lowest BCUT2D eigenvalue weighted by Gasteiger charge is -2.16. The molecule has 140 valence electrons. The third kappa shape index (κ3) is 4.74. The minimum absolute atomic E-state index is 0.0846. The molecule has 1 aliphatic rings. The zero-order valence-corrected chi connectivity index (χ0v) is 16.4. The Morgan fingerprint density at radius 2 is 1.96 bits per heavy atom. The molecule has 0 bridgehead atoms. The average Bonchev–Trinajstić information content (AvgIpc) is 3.05. The monoisotopic (exact) mass is 430 g/mol. The number of ether oxygens (including phenoxy) is 1. The molecule has 0 radical (unpaired) electrons. The summed E-state index contributed by atoms with van der Waals surface area (Å²) in [6, 6.07) is 14.6. The van der Waals surface area contributed by atoms with Crippen LogP contribution < -0.4 is 10.2 Å². The van der Waals surface area contributed by atoms with Crippen LogP contribution in [0.3, 0.4) is 0 Å². The molecule has 0 saturated carbocycles. The van der Waals surface area contributed by atoms with Gasteiger partial charge in [0.25, 0.3) is 5.91 Å². The van der Waals surface area contributed by atoms with Crippen LogP contribution in [0.4, 0.5) is 11.4 Å². The Labute approximate surface area is 165 Å². The van der Waals surface area contributed by atoms with E-state index in [0.717, 1.165) is 15.7 Å². The first kappa shape index (κ1) is 19.1. The second-order valence-corrected chi connectivity index (χ2v) is 7.22. The molecule has 1 aliphatic heterocycles. The Morgan fingerprint density at radius 3 is 2.67 bits per heavy atom. The molecule has 6 nitrogen and oxygen atoms in total. The van der Waals surface area contributed by atoms with E-state index in [-0.39, 0.29) is 25.5 Å². The molecule has 7 heteroatoms. The summed E-state index contributed by atoms with van der Waals surface area (Å²) in [7, 11) is 0. The van der Waals surface area contributed by atoms with Crippen LogP contribution >= 0.6 is 15.9 Å². The fourth-order valence-corrected chi connectivity index (χ4v) is 3.14. The highest BCUT2D eigenvalue weighted by molar-refractivity contribution is 9.10. The van der Waals surface area contributed by atoms with Gasteiger partial charge in [-0.25, -0.2) is 0 Å². The van der Waals surface area contributed by atoms with E-state index >= 15 is 0 Å². The van der Waals surface area contributed by atoms with Gasteiger partial charge in [0.05, 0.1) is 5.92 Å². The predicted molar refractivity (Wildman–Crippen MR) is 105 cm³/mol. The normalized spacial score (nSPS) is 16.3. The maximum Gasteiger partial charge on any atom is 0.311 e. The lowest BCUT2D eigenvalue weighted by atomic mass is 10.1. The molecule has 1 atom stereocenters. The van der Waals surface area contributed by atoms with Crippen LogP contribution in [0.2, 0.25) is 0 Å². The number of anilines is 2. The van der Waals surface area contributed by atoms with Crippen LogP contribution in [0.15, 0.2) is 53.0 Å². The number of esters is 1. The van der Waals surface area contributed by atoms with Gasteiger partial charge in [-0.1, -0.05) is 34.1 Å². The fraction of sp³-hybridized carbons (Fsp3) is 0.250. The van der Waals surface area contributed by atoms with E-state index in [0.29, 0.717) is 5.69 Å². The molecule has 2 aromatic carbocycles. The Bertz CT molecular complexity index is 870. The van der Waals surface area contributed by atoms with E-state index in [9.17, 15) is 14.4 Å². The lowest BCUT2D eigenvalue weighted by Crippen LogP contribution is -2.28. The van der Waals surface area contributed by atoms with Gasteiger partial charge in [-0.15, -0.1) is 0 Å². The third-order valence-corrected chi connectivity index (χ3v) is 5.20. The summed E-state index contributed by atoms with van der Waals surface area (Å²) in [6.07, 6.45) is 0.0846. The van der Waals surface area contributed by atoms with Gasteiger partial charge in [0, 0.05) is 28.8 Å². The number of carbonyl (C=O) groups excluding carboxylic acids is 3. The summed E-state index contributed by atoms with van der Waals surface area (Å²) in [5.41, 5.74) is 2.36. The number of rotatable bonds is 5. The largest absolute Gasteiger partial charge is 0.455 e. The van der Waals surface area contributed by atoms with Gasteiger partial charge >= 0.3 is 5.97 Å². The topological polar surface area (TPSA) is 75.7 Å². The van der Waals surface area contributed by atoms with Crippen molar-refractivity contribution in [3.05, 3.63) is 58.6 Å². The van der Waals surface area contributed by atoms with Crippen LogP contribution in [-0.2, 0) is 19.1 Å². The minimum Gasteiger partial charge on any atom is -0.455 e. The van der Waals surface area contributed by atoms with Crippen molar-refractivity contribution >= 4 is 45.1 Å². The van der Waals surface area contributed by atoms with Crippen molar-refractivity contribution in [1.29, 1.82) is 0 Å². The van der Waals surface area contributed by atoms with Crippen LogP contribution in [-0.4, -0.2) is 30.9 Å². The molecule has 27 heavy (non-hydrogen) atoms. The number of nitrogens with one attached hydrogen (secondary N) is 1. The van der Waals surface area contributed by atoms with Gasteiger partial charge in [-0.2, -0.15) is 0 Å². The number of para-hydroxylation sites is 1. The number of amides is 2. The number of nitrogens with zero attached hydrogens (tertiary/aromatic N) is 1. The van der Waals surface area contributed by atoms with Crippen LogP contribution in [0.1, 0.15) is 12.0 Å². The molecule has 2 aromatic rings. The van der Waals surface area contributed by atoms with Crippen LogP contribution in [0.25, 0.3) is 0 Å². The van der Waals surface area contributed by atoms with E-state index in [4.69, 9.17) is 4.74 Å². The van der Waals surface area contributed by atoms with Gasteiger partial charge in [-0.3, -0.25) is 14.4 Å². The summed E-state index contributed by atoms with van der Waals surface area (Å²) in [5, 5.41) is 2.68. The molecular weight excluding hydrogens is 412 g/mol. The van der Waals surface area contributed by atoms with Gasteiger partial charge in [-0.05, 0) is 42.8 Å². The van der Waals surface area contributed by atoms with Gasteiger partial charge in [0.1, 0.15) is 0 Å². The smallest absolute Gasteiger partial charge is 0.311 e. The summed E-state index contributed by atoms with van der Waals surface area (Å²) in [4.78, 5) is 38.0. The summed E-state index contributed by atoms with van der Waals surface area (Å²) in [6.45, 7) is 1.79. The second kappa shape index (κ2) is 8.35. The van der Waals surface area contributed by atoms with Gasteiger partial charge < -0.3 is 15.0 Å². The molecule has 1 fully saturated rings. The SMILES string of the molecule is Cc1cc(NC(=O)COC(=O)[C@H]2CC(=O)N(c3ccccc3)C2)ccc1Br. The molecular formula is C20H19BrN2O4. The standard InChI is InChI=1S/C20H19BrN2O4/c1-13-9-15(7-8-17(13)21)22-18(24)12-27-20(26)14-10-19(25)23(11-14)16-5-3-2-4-6-16/h2-9,14H,10-12H2,1H3,(H,22,24)/t14-/m0/s1. The zero-order valence-electron chi connectivity index (χ0n) is 14.8. The first-order valence-corrected chi connectivity index (χ1v) is 9.31. The minimum atomic E-state index is -0.569. The quantitative estimate of drug-likeness (QED) is 0.738. The molecule has 0 spiro atoms. The highest BCUT2D eigenvalue weighted by atomic mass is 79.9. The van der Waals surface area contributed by atoms with Crippen LogP contribution in [0, 0.1) is 12.8 Å². The first-order valence-electron chi connectivity index (χ1n) is 8.52. The number of carbonyl (C=O) groups is 3. The Kier molecular flexibility index (Phi) is 5.91. The summed E-state index contributed by atoms with van der Waals surface area (Å²) >= 11 is 3.40. The van der Waals surface area contributed by atoms with E-state index in [1.807, 2.05) is 49.4 Å². The molecule has 1 saturated heterocycles. The lowest BCUT2D eigenvalue weighted by molar-refractivity contribution is -0.151. The van der Waals surface area contributed by atoms with Crippen molar-refractivity contribution in [2.45, 2.75) is 13.3 Å². The third-order valence-electron chi connectivity index (χ3n) is 4.31. The molecule has 2 amide bonds. The van der Waals surface area contributed by atoms with Gasteiger partial charge in [0.15, 0.2) is 6.61 Å². The number of aryl methyl sites for hydroxylation is 1. The van der Waals surface area contributed by atoms with E-state index in [1.54, 1.807) is 11.0 Å². The number of halogens is 1. The van der Waals surface area contributed by atoms with Crippen LogP contribution in [0.5, 0.6) is 0 Å². The zero-order chi connectivity index (χ0) is 19.4. The number of hydrogen-bond donors (Lipinski definition) is 1. The molecule has 1 N–H and O–H groups in total. The molecule has 3 rings (SSSR count). The Morgan fingerprint density at radius 1 is 1.22 bits per heavy atom. The van der Waals surface area contributed by atoms with E-state index < -0.39 is 17.8 Å². The highest BCUT2D eigenvalue weighted by Crippen LogP contribution is 2.25. The Hall–Kier alpha value is -2.67. The van der Waals surface area contributed by atoms with Crippen molar-refractivity contribution in [1.82, 2.24) is 0 Å². The van der Waals surface area contributed by atoms with Crippen molar-refractivity contribution in [3.63, 3.8) is 0 Å². The average molecular weight is 431 g/mol. The van der Waals surface area contributed by atoms with Crippen molar-refractivity contribution in [2.75, 3.05) is 23.4 Å². The fourth-order valence-electron chi connectivity index (χ4n) is 2.90. The maximum atomic E-state index is 12.2. The predicted octanol–water partition coefficient (Wildman–Crippen LogP) is 3.29. The number of benzene rings is 2. The summed E-state index contributed by atoms with van der Waals surface area (Å²) < 4.78 is 6.05. The highest BCUT2D eigenvalue weighted by Gasteiger charge is 2.36. The van der Waals surface area contributed by atoms with Gasteiger partial charge in [0.2, 0.25) is 5.91 Å². The molecule has 0 aliphatic carbocycles. The Balaban J connectivity index is 1.51. The molecule has 0 unspecified atom stereocenters. The number of hydrogen-bond acceptors (Lipinski definition) is 4. The maximum absolute atomic E-state index is 12.2. The molecule has 0 aromatic heterocycles.